The van der Waals surface area contributed by atoms with Gasteiger partial charge in [0.1, 0.15) is 11.6 Å². The van der Waals surface area contributed by atoms with E-state index in [-0.39, 0.29) is 23.2 Å². The summed E-state index contributed by atoms with van der Waals surface area (Å²) >= 11 is 5.98. The first-order valence-electron chi connectivity index (χ1n) is 9.04. The molecule has 4 rings (SSSR count). The molecule has 0 unspecified atom stereocenters. The summed E-state index contributed by atoms with van der Waals surface area (Å²) in [6.07, 6.45) is 2.39. The zero-order valence-corrected chi connectivity index (χ0v) is 15.8. The predicted octanol–water partition coefficient (Wildman–Crippen LogP) is 4.46. The minimum Gasteiger partial charge on any atom is -0.335 e. The number of carbonyl (C=O) groups is 1. The highest BCUT2D eigenvalue weighted by molar-refractivity contribution is 6.31. The molecule has 28 heavy (non-hydrogen) atoms. The number of hydrogen-bond acceptors (Lipinski definition) is 2. The Kier molecular flexibility index (Phi) is 5.13. The number of aryl methyl sites for hydroxylation is 1. The normalized spacial score (nSPS) is 13.5. The molecule has 2 heterocycles. The van der Waals surface area contributed by atoms with E-state index in [0.29, 0.717) is 31.6 Å². The van der Waals surface area contributed by atoms with E-state index in [1.165, 1.54) is 18.2 Å². The summed E-state index contributed by atoms with van der Waals surface area (Å²) in [6.45, 7) is 1.60. The van der Waals surface area contributed by atoms with Crippen LogP contribution in [-0.4, -0.2) is 27.1 Å². The molecular formula is C21H18ClF2N3O. The lowest BCUT2D eigenvalue weighted by Crippen LogP contribution is -2.38. The van der Waals surface area contributed by atoms with Crippen LogP contribution in [0.1, 0.15) is 17.7 Å². The lowest BCUT2D eigenvalue weighted by Gasteiger charge is -2.28. The lowest BCUT2D eigenvalue weighted by molar-refractivity contribution is -0.132. The summed E-state index contributed by atoms with van der Waals surface area (Å²) in [5.74, 6) is -0.784. The molecule has 1 amide bonds. The van der Waals surface area contributed by atoms with Gasteiger partial charge < -0.3 is 4.90 Å². The van der Waals surface area contributed by atoms with Crippen LogP contribution >= 0.6 is 11.6 Å². The average Bonchev–Trinajstić information content (AvgIpc) is 3.12. The van der Waals surface area contributed by atoms with Crippen LogP contribution in [0.4, 0.5) is 8.78 Å². The van der Waals surface area contributed by atoms with E-state index in [1.807, 2.05) is 4.68 Å². The molecule has 0 aliphatic carbocycles. The quantitative estimate of drug-likeness (QED) is 0.647. The van der Waals surface area contributed by atoms with Crippen molar-refractivity contribution in [2.45, 2.75) is 25.9 Å². The van der Waals surface area contributed by atoms with E-state index >= 15 is 0 Å². The van der Waals surface area contributed by atoms with Crippen LogP contribution in [0.25, 0.3) is 11.1 Å². The minimum absolute atomic E-state index is 0.0159. The maximum atomic E-state index is 13.6. The fraction of sp³-hybridized carbons (Fsp3) is 0.238. The molecule has 0 fully saturated rings. The Labute approximate surface area is 166 Å². The number of halogens is 3. The van der Waals surface area contributed by atoms with Gasteiger partial charge in [0.15, 0.2) is 0 Å². The highest BCUT2D eigenvalue weighted by Gasteiger charge is 2.24. The topological polar surface area (TPSA) is 38.1 Å². The molecule has 0 saturated heterocycles. The number of hydrogen-bond donors (Lipinski definition) is 0. The van der Waals surface area contributed by atoms with E-state index in [0.717, 1.165) is 16.8 Å². The molecule has 1 aliphatic heterocycles. The maximum absolute atomic E-state index is 13.6. The van der Waals surface area contributed by atoms with Crippen LogP contribution in [0.5, 0.6) is 0 Å². The van der Waals surface area contributed by atoms with Crippen LogP contribution in [-0.2, 0) is 24.3 Å². The van der Waals surface area contributed by atoms with Gasteiger partial charge in [0.25, 0.3) is 0 Å². The predicted molar refractivity (Wildman–Crippen MR) is 103 cm³/mol. The monoisotopic (exact) mass is 401 g/mol. The second kappa shape index (κ2) is 7.72. The van der Waals surface area contributed by atoms with Crippen molar-refractivity contribution in [3.63, 3.8) is 0 Å². The summed E-state index contributed by atoms with van der Waals surface area (Å²) in [4.78, 5) is 14.5. The molecule has 0 atom stereocenters. The van der Waals surface area contributed by atoms with Crippen molar-refractivity contribution in [3.8, 4) is 11.1 Å². The molecule has 0 spiro atoms. The van der Waals surface area contributed by atoms with Gasteiger partial charge in [-0.1, -0.05) is 35.9 Å². The molecule has 1 aromatic heterocycles. The molecule has 2 aromatic carbocycles. The van der Waals surface area contributed by atoms with Crippen molar-refractivity contribution in [2.24, 2.45) is 0 Å². The van der Waals surface area contributed by atoms with Gasteiger partial charge in [0.2, 0.25) is 5.91 Å². The smallest absolute Gasteiger partial charge is 0.223 e. The van der Waals surface area contributed by atoms with Crippen LogP contribution in [0.2, 0.25) is 5.02 Å². The van der Waals surface area contributed by atoms with Gasteiger partial charge in [0.05, 0.1) is 30.0 Å². The first-order valence-corrected chi connectivity index (χ1v) is 9.42. The van der Waals surface area contributed by atoms with Crippen molar-refractivity contribution in [3.05, 3.63) is 76.6 Å². The van der Waals surface area contributed by atoms with Crippen LogP contribution in [0.15, 0.2) is 48.7 Å². The first-order chi connectivity index (χ1) is 13.5. The van der Waals surface area contributed by atoms with Crippen LogP contribution < -0.4 is 0 Å². The Morgan fingerprint density at radius 1 is 1.11 bits per heavy atom. The van der Waals surface area contributed by atoms with Gasteiger partial charge in [-0.25, -0.2) is 8.78 Å². The molecule has 4 nitrogen and oxygen atoms in total. The molecule has 0 radical (unpaired) electrons. The largest absolute Gasteiger partial charge is 0.335 e. The van der Waals surface area contributed by atoms with E-state index in [4.69, 9.17) is 11.6 Å². The Hall–Kier alpha value is -2.73. The summed E-state index contributed by atoms with van der Waals surface area (Å²) in [7, 11) is 0. The summed E-state index contributed by atoms with van der Waals surface area (Å²) in [5.41, 5.74) is 3.31. The maximum Gasteiger partial charge on any atom is 0.223 e. The third-order valence-corrected chi connectivity index (χ3v) is 5.44. The third-order valence-electron chi connectivity index (χ3n) is 5.02. The molecule has 144 valence electrons. The number of carbonyl (C=O) groups excluding carboxylic acids is 1. The second-order valence-corrected chi connectivity index (χ2v) is 7.14. The molecule has 3 aromatic rings. The molecule has 0 saturated carbocycles. The summed E-state index contributed by atoms with van der Waals surface area (Å²) in [6, 6.07) is 10.9. The zero-order chi connectivity index (χ0) is 19.7. The molecule has 7 heteroatoms. The standard InChI is InChI=1S/C21H18ClF2N3O/c22-21-15(2-1-3-18(21)24)6-9-20(28)26-10-11-27-19(13-26)17(12-25-27)14-4-7-16(23)8-5-14/h1-5,7-8,12H,6,9-11,13H2. The van der Waals surface area contributed by atoms with Crippen molar-refractivity contribution in [2.75, 3.05) is 6.54 Å². The molecular weight excluding hydrogens is 384 g/mol. The van der Waals surface area contributed by atoms with E-state index < -0.39 is 5.82 Å². The van der Waals surface area contributed by atoms with Crippen molar-refractivity contribution >= 4 is 17.5 Å². The van der Waals surface area contributed by atoms with Gasteiger partial charge >= 0.3 is 0 Å². The highest BCUT2D eigenvalue weighted by atomic mass is 35.5. The van der Waals surface area contributed by atoms with Crippen molar-refractivity contribution in [1.29, 1.82) is 0 Å². The van der Waals surface area contributed by atoms with Gasteiger partial charge in [-0.3, -0.25) is 9.48 Å². The number of aromatic nitrogens is 2. The number of benzene rings is 2. The Bertz CT molecular complexity index is 1020. The van der Waals surface area contributed by atoms with Gasteiger partial charge in [0, 0.05) is 18.5 Å². The second-order valence-electron chi connectivity index (χ2n) is 6.76. The molecule has 0 N–H and O–H groups in total. The van der Waals surface area contributed by atoms with E-state index in [9.17, 15) is 13.6 Å². The minimum atomic E-state index is -0.475. The number of rotatable bonds is 4. The zero-order valence-electron chi connectivity index (χ0n) is 15.0. The average molecular weight is 402 g/mol. The molecule has 1 aliphatic rings. The third kappa shape index (κ3) is 3.64. The fourth-order valence-corrected chi connectivity index (χ4v) is 3.69. The Morgan fingerprint density at radius 3 is 2.68 bits per heavy atom. The van der Waals surface area contributed by atoms with Gasteiger partial charge in [-0.2, -0.15) is 5.10 Å². The first kappa shape index (κ1) is 18.6. The Balaban J connectivity index is 1.47. The van der Waals surface area contributed by atoms with Gasteiger partial charge in [-0.15, -0.1) is 0 Å². The Morgan fingerprint density at radius 2 is 1.89 bits per heavy atom. The summed E-state index contributed by atoms with van der Waals surface area (Å²) in [5, 5.41) is 4.46. The SMILES string of the molecule is O=C(CCc1cccc(F)c1Cl)N1CCn2ncc(-c3ccc(F)cc3)c2C1. The van der Waals surface area contributed by atoms with E-state index in [1.54, 1.807) is 35.4 Å². The van der Waals surface area contributed by atoms with Crippen LogP contribution in [0.3, 0.4) is 0 Å². The van der Waals surface area contributed by atoms with E-state index in [2.05, 4.69) is 5.10 Å². The highest BCUT2D eigenvalue weighted by Crippen LogP contribution is 2.28. The van der Waals surface area contributed by atoms with Crippen molar-refractivity contribution < 1.29 is 13.6 Å². The lowest BCUT2D eigenvalue weighted by atomic mass is 10.0. The molecule has 0 bridgehead atoms. The summed E-state index contributed by atoms with van der Waals surface area (Å²) < 4.78 is 28.6. The van der Waals surface area contributed by atoms with Crippen molar-refractivity contribution in [1.82, 2.24) is 14.7 Å². The number of nitrogens with zero attached hydrogens (tertiary/aromatic N) is 3. The van der Waals surface area contributed by atoms with Gasteiger partial charge in [-0.05, 0) is 35.7 Å². The number of fused-ring (bicyclic) bond motifs is 1. The number of amides is 1. The fourth-order valence-electron chi connectivity index (χ4n) is 3.47. The van der Waals surface area contributed by atoms with Crippen LogP contribution in [0, 0.1) is 11.6 Å².